The summed E-state index contributed by atoms with van der Waals surface area (Å²) in [6.07, 6.45) is 0. The average Bonchev–Trinajstić information content (AvgIpc) is 2.45. The molecule has 0 saturated carbocycles. The van der Waals surface area contributed by atoms with Gasteiger partial charge in [-0.2, -0.15) is 0 Å². The zero-order valence-electron chi connectivity index (χ0n) is 10.8. The van der Waals surface area contributed by atoms with Crippen LogP contribution in [0, 0.1) is 17.5 Å². The van der Waals surface area contributed by atoms with E-state index >= 15 is 0 Å². The minimum Gasteiger partial charge on any atom is -0.326 e. The molecule has 0 saturated heterocycles. The van der Waals surface area contributed by atoms with Crippen LogP contribution in [0.25, 0.3) is 0 Å². The molecule has 0 unspecified atom stereocenters. The van der Waals surface area contributed by atoms with E-state index in [4.69, 9.17) is 5.73 Å². The molecule has 0 aliphatic carbocycles. The Hall–Kier alpha value is -2.54. The van der Waals surface area contributed by atoms with E-state index in [2.05, 4.69) is 10.6 Å². The standard InChI is InChI=1S/C14H12F3N3O/c15-10-5-12(17)13(6-11(10)16)20-14(21)19-9-3-1-8(7-18)2-4-9/h1-6H,7,18H2,(H2,19,20,21). The van der Waals surface area contributed by atoms with Crippen LogP contribution in [-0.4, -0.2) is 6.03 Å². The minimum absolute atomic E-state index is 0.362. The zero-order valence-corrected chi connectivity index (χ0v) is 10.8. The van der Waals surface area contributed by atoms with Gasteiger partial charge in [0.15, 0.2) is 11.6 Å². The minimum atomic E-state index is -1.32. The number of anilines is 2. The summed E-state index contributed by atoms with van der Waals surface area (Å²) in [7, 11) is 0. The monoisotopic (exact) mass is 295 g/mol. The van der Waals surface area contributed by atoms with E-state index in [1.165, 1.54) is 0 Å². The van der Waals surface area contributed by atoms with Gasteiger partial charge in [0, 0.05) is 24.4 Å². The first kappa shape index (κ1) is 14.9. The number of amides is 2. The van der Waals surface area contributed by atoms with Crippen molar-refractivity contribution in [3.63, 3.8) is 0 Å². The molecule has 21 heavy (non-hydrogen) atoms. The van der Waals surface area contributed by atoms with Gasteiger partial charge in [-0.25, -0.2) is 18.0 Å². The van der Waals surface area contributed by atoms with E-state index in [0.717, 1.165) is 5.56 Å². The number of urea groups is 1. The molecule has 2 aromatic carbocycles. The molecule has 0 bridgehead atoms. The summed E-state index contributed by atoms with van der Waals surface area (Å²) in [4.78, 5) is 11.7. The number of nitrogens with one attached hydrogen (secondary N) is 2. The highest BCUT2D eigenvalue weighted by Gasteiger charge is 2.12. The third-order valence-corrected chi connectivity index (χ3v) is 2.71. The molecular weight excluding hydrogens is 283 g/mol. The summed E-state index contributed by atoms with van der Waals surface area (Å²) in [5, 5.41) is 4.53. The number of hydrogen-bond acceptors (Lipinski definition) is 2. The van der Waals surface area contributed by atoms with Crippen LogP contribution >= 0.6 is 0 Å². The molecule has 2 aromatic rings. The normalized spacial score (nSPS) is 10.3. The van der Waals surface area contributed by atoms with Crippen LogP contribution in [0.1, 0.15) is 5.56 Å². The summed E-state index contributed by atoms with van der Waals surface area (Å²) in [5.74, 6) is -3.64. The Bertz CT molecular complexity index is 659. The molecule has 2 amide bonds. The number of hydrogen-bond donors (Lipinski definition) is 3. The maximum atomic E-state index is 13.4. The fourth-order valence-electron chi connectivity index (χ4n) is 1.63. The Kier molecular flexibility index (Phi) is 4.44. The third kappa shape index (κ3) is 3.73. The second-order valence-corrected chi connectivity index (χ2v) is 4.23. The molecule has 0 aromatic heterocycles. The molecule has 0 atom stereocenters. The van der Waals surface area contributed by atoms with E-state index < -0.39 is 29.2 Å². The molecule has 7 heteroatoms. The lowest BCUT2D eigenvalue weighted by Gasteiger charge is -2.09. The molecule has 0 aliphatic heterocycles. The van der Waals surface area contributed by atoms with Gasteiger partial charge in [-0.1, -0.05) is 12.1 Å². The molecule has 110 valence electrons. The van der Waals surface area contributed by atoms with Crippen molar-refractivity contribution in [2.24, 2.45) is 5.73 Å². The van der Waals surface area contributed by atoms with Crippen LogP contribution in [0.5, 0.6) is 0 Å². The van der Waals surface area contributed by atoms with Crippen LogP contribution < -0.4 is 16.4 Å². The van der Waals surface area contributed by atoms with E-state index in [1.54, 1.807) is 24.3 Å². The summed E-state index contributed by atoms with van der Waals surface area (Å²) in [5.41, 5.74) is 6.32. The van der Waals surface area contributed by atoms with Gasteiger partial charge in [0.25, 0.3) is 0 Å². The van der Waals surface area contributed by atoms with Gasteiger partial charge >= 0.3 is 6.03 Å². The van der Waals surface area contributed by atoms with Crippen molar-refractivity contribution in [1.29, 1.82) is 0 Å². The molecule has 0 aliphatic rings. The maximum Gasteiger partial charge on any atom is 0.323 e. The molecule has 0 spiro atoms. The highest BCUT2D eigenvalue weighted by atomic mass is 19.2. The predicted octanol–water partition coefficient (Wildman–Crippen LogP) is 3.21. The van der Waals surface area contributed by atoms with Crippen LogP contribution in [-0.2, 0) is 6.54 Å². The molecule has 0 radical (unpaired) electrons. The second kappa shape index (κ2) is 6.27. The van der Waals surface area contributed by atoms with Gasteiger partial charge in [0.2, 0.25) is 0 Å². The maximum absolute atomic E-state index is 13.4. The smallest absolute Gasteiger partial charge is 0.323 e. The fraction of sp³-hybridized carbons (Fsp3) is 0.0714. The van der Waals surface area contributed by atoms with E-state index in [9.17, 15) is 18.0 Å². The zero-order chi connectivity index (χ0) is 15.4. The van der Waals surface area contributed by atoms with Crippen LogP contribution in [0.3, 0.4) is 0 Å². The topological polar surface area (TPSA) is 67.1 Å². The molecule has 2 rings (SSSR count). The second-order valence-electron chi connectivity index (χ2n) is 4.23. The van der Waals surface area contributed by atoms with Crippen LogP contribution in [0.2, 0.25) is 0 Å². The summed E-state index contributed by atoms with van der Waals surface area (Å²) in [6, 6.07) is 6.82. The summed E-state index contributed by atoms with van der Waals surface area (Å²) >= 11 is 0. The highest BCUT2D eigenvalue weighted by molar-refractivity contribution is 5.99. The van der Waals surface area contributed by atoms with Crippen LogP contribution in [0.15, 0.2) is 36.4 Å². The molecule has 0 fully saturated rings. The first-order valence-electron chi connectivity index (χ1n) is 6.01. The van der Waals surface area contributed by atoms with Gasteiger partial charge in [-0.05, 0) is 17.7 Å². The Morgan fingerprint density at radius 3 is 2.19 bits per heavy atom. The van der Waals surface area contributed by atoms with Crippen molar-refractivity contribution in [2.75, 3.05) is 10.6 Å². The molecule has 0 heterocycles. The van der Waals surface area contributed by atoms with Gasteiger partial charge in [-0.3, -0.25) is 0 Å². The number of halogens is 3. The molecule has 4 N–H and O–H groups in total. The number of rotatable bonds is 3. The van der Waals surface area contributed by atoms with E-state index in [1.807, 2.05) is 0 Å². The Labute approximate surface area is 118 Å². The Morgan fingerprint density at radius 1 is 0.952 bits per heavy atom. The van der Waals surface area contributed by atoms with E-state index in [-0.39, 0.29) is 0 Å². The summed E-state index contributed by atoms with van der Waals surface area (Å²) < 4.78 is 39.1. The van der Waals surface area contributed by atoms with Crippen molar-refractivity contribution >= 4 is 17.4 Å². The highest BCUT2D eigenvalue weighted by Crippen LogP contribution is 2.19. The quantitative estimate of drug-likeness (QED) is 0.761. The fourth-order valence-corrected chi connectivity index (χ4v) is 1.63. The van der Waals surface area contributed by atoms with Crippen molar-refractivity contribution in [3.05, 3.63) is 59.4 Å². The predicted molar refractivity (Wildman–Crippen MR) is 73.3 cm³/mol. The lowest BCUT2D eigenvalue weighted by molar-refractivity contribution is 0.262. The number of nitrogens with two attached hydrogens (primary N) is 1. The number of carbonyl (C=O) groups excluding carboxylic acids is 1. The van der Waals surface area contributed by atoms with Crippen molar-refractivity contribution in [1.82, 2.24) is 0 Å². The van der Waals surface area contributed by atoms with Crippen LogP contribution in [0.4, 0.5) is 29.3 Å². The SMILES string of the molecule is NCc1ccc(NC(=O)Nc2cc(F)c(F)cc2F)cc1. The van der Waals surface area contributed by atoms with Gasteiger partial charge in [-0.15, -0.1) is 0 Å². The lowest BCUT2D eigenvalue weighted by atomic mass is 10.2. The Morgan fingerprint density at radius 2 is 1.57 bits per heavy atom. The Balaban J connectivity index is 2.06. The van der Waals surface area contributed by atoms with Gasteiger partial charge < -0.3 is 16.4 Å². The van der Waals surface area contributed by atoms with Gasteiger partial charge in [0.05, 0.1) is 5.69 Å². The van der Waals surface area contributed by atoms with Gasteiger partial charge in [0.1, 0.15) is 5.82 Å². The summed E-state index contributed by atoms with van der Waals surface area (Å²) in [6.45, 7) is 0.368. The third-order valence-electron chi connectivity index (χ3n) is 2.71. The lowest BCUT2D eigenvalue weighted by Crippen LogP contribution is -2.20. The number of carbonyl (C=O) groups is 1. The largest absolute Gasteiger partial charge is 0.326 e. The number of benzene rings is 2. The van der Waals surface area contributed by atoms with Crippen molar-refractivity contribution < 1.29 is 18.0 Å². The molecular formula is C14H12F3N3O. The van der Waals surface area contributed by atoms with Crippen molar-refractivity contribution in [3.8, 4) is 0 Å². The average molecular weight is 295 g/mol. The molecule has 4 nitrogen and oxygen atoms in total. The first-order chi connectivity index (χ1) is 9.99. The first-order valence-corrected chi connectivity index (χ1v) is 6.01. The van der Waals surface area contributed by atoms with Crippen molar-refractivity contribution in [2.45, 2.75) is 6.54 Å². The van der Waals surface area contributed by atoms with E-state index in [0.29, 0.717) is 24.4 Å².